The van der Waals surface area contributed by atoms with Gasteiger partial charge in [0, 0.05) is 11.9 Å². The van der Waals surface area contributed by atoms with Crippen molar-refractivity contribution >= 4 is 22.7 Å². The molecule has 0 bridgehead atoms. The van der Waals surface area contributed by atoms with E-state index in [-0.39, 0.29) is 11.3 Å². The summed E-state index contributed by atoms with van der Waals surface area (Å²) in [5, 5.41) is 11.7. The molecule has 2 heterocycles. The first-order valence-electron chi connectivity index (χ1n) is 12.0. The van der Waals surface area contributed by atoms with Gasteiger partial charge in [0.2, 0.25) is 5.78 Å². The quantitative estimate of drug-likeness (QED) is 0.412. The van der Waals surface area contributed by atoms with Crippen molar-refractivity contribution in [1.82, 2.24) is 9.80 Å². The van der Waals surface area contributed by atoms with Gasteiger partial charge in [-0.3, -0.25) is 9.59 Å². The number of ketones is 1. The Balaban J connectivity index is 1.74. The molecule has 1 unspecified atom stereocenters. The fraction of sp³-hybridized carbons (Fsp3) is 0.357. The van der Waals surface area contributed by atoms with Gasteiger partial charge in [0.25, 0.3) is 5.91 Å². The average molecular weight is 477 g/mol. The van der Waals surface area contributed by atoms with E-state index in [0.29, 0.717) is 36.5 Å². The first-order chi connectivity index (χ1) is 16.8. The number of benzene rings is 2. The van der Waals surface area contributed by atoms with Gasteiger partial charge >= 0.3 is 0 Å². The van der Waals surface area contributed by atoms with Crippen molar-refractivity contribution in [1.29, 1.82) is 0 Å². The summed E-state index contributed by atoms with van der Waals surface area (Å²) in [5.41, 5.74) is 2.36. The molecule has 0 saturated carbocycles. The van der Waals surface area contributed by atoms with Crippen LogP contribution >= 0.6 is 0 Å². The minimum Gasteiger partial charge on any atom is -0.503 e. The summed E-state index contributed by atoms with van der Waals surface area (Å²) in [7, 11) is 3.93. The van der Waals surface area contributed by atoms with E-state index in [9.17, 15) is 14.7 Å². The van der Waals surface area contributed by atoms with E-state index in [0.717, 1.165) is 23.9 Å². The number of ether oxygens (including phenoxy) is 1. The number of fused-ring (bicyclic) bond motifs is 1. The van der Waals surface area contributed by atoms with Crippen LogP contribution in [0.15, 0.2) is 64.3 Å². The van der Waals surface area contributed by atoms with E-state index in [1.165, 1.54) is 0 Å². The summed E-state index contributed by atoms with van der Waals surface area (Å²) in [6, 6.07) is 14.0. The zero-order valence-corrected chi connectivity index (χ0v) is 20.7. The van der Waals surface area contributed by atoms with Crippen molar-refractivity contribution in [3.05, 3.63) is 76.8 Å². The molecule has 184 valence electrons. The number of aliphatic hydroxyl groups excluding tert-OH is 1. The van der Waals surface area contributed by atoms with E-state index >= 15 is 0 Å². The zero-order chi connectivity index (χ0) is 25.1. The molecule has 0 saturated heterocycles. The van der Waals surface area contributed by atoms with Crippen LogP contribution in [0.25, 0.3) is 11.0 Å². The highest BCUT2D eigenvalue weighted by Crippen LogP contribution is 2.40. The Morgan fingerprint density at radius 1 is 1.17 bits per heavy atom. The van der Waals surface area contributed by atoms with Crippen LogP contribution in [0.2, 0.25) is 0 Å². The van der Waals surface area contributed by atoms with Gasteiger partial charge in [-0.05, 0) is 76.3 Å². The molecule has 1 aliphatic rings. The highest BCUT2D eigenvalue weighted by molar-refractivity contribution is 6.16. The smallest absolute Gasteiger partial charge is 0.290 e. The fourth-order valence-corrected chi connectivity index (χ4v) is 4.42. The van der Waals surface area contributed by atoms with Crippen LogP contribution in [0.5, 0.6) is 5.75 Å². The third kappa shape index (κ3) is 5.10. The van der Waals surface area contributed by atoms with E-state index < -0.39 is 23.5 Å². The Morgan fingerprint density at radius 3 is 2.71 bits per heavy atom. The first-order valence-corrected chi connectivity index (χ1v) is 12.0. The molecule has 35 heavy (non-hydrogen) atoms. The molecule has 0 spiro atoms. The summed E-state index contributed by atoms with van der Waals surface area (Å²) in [5.74, 6) is -0.823. The summed E-state index contributed by atoms with van der Waals surface area (Å²) in [6.07, 6.45) is 1.55. The van der Waals surface area contributed by atoms with Crippen LogP contribution in [0.1, 0.15) is 47.5 Å². The van der Waals surface area contributed by atoms with Crippen LogP contribution in [-0.2, 0) is 4.79 Å². The first kappa shape index (κ1) is 24.5. The highest BCUT2D eigenvalue weighted by Gasteiger charge is 2.44. The Morgan fingerprint density at radius 2 is 1.97 bits per heavy atom. The normalized spacial score (nSPS) is 16.1. The Hall–Kier alpha value is -3.58. The summed E-state index contributed by atoms with van der Waals surface area (Å²) in [4.78, 5) is 30.5. The molecule has 7 nitrogen and oxygen atoms in total. The molecule has 0 radical (unpaired) electrons. The number of nitrogens with zero attached hydrogens (tertiary/aromatic N) is 2. The number of hydrogen-bond donors (Lipinski definition) is 1. The number of rotatable bonds is 10. The van der Waals surface area contributed by atoms with Crippen LogP contribution < -0.4 is 4.74 Å². The SMILES string of the molecule is CCCOc1cccc(C2C(C(=O)c3cc4cc(C)ccc4o3)=C(O)C(=O)N2CCCN(C)C)c1. The van der Waals surface area contributed by atoms with Crippen molar-refractivity contribution in [2.24, 2.45) is 0 Å². The zero-order valence-electron chi connectivity index (χ0n) is 20.7. The molecule has 7 heteroatoms. The third-order valence-corrected chi connectivity index (χ3v) is 6.09. The monoisotopic (exact) mass is 476 g/mol. The second kappa shape index (κ2) is 10.4. The molecule has 1 N–H and O–H groups in total. The van der Waals surface area contributed by atoms with Crippen molar-refractivity contribution < 1.29 is 23.8 Å². The molecule has 0 fully saturated rings. The van der Waals surface area contributed by atoms with Gasteiger partial charge < -0.3 is 24.1 Å². The number of Topliss-reactive ketones (excluding diaryl/α,β-unsaturated/α-hetero) is 1. The second-order valence-corrected chi connectivity index (χ2v) is 9.22. The van der Waals surface area contributed by atoms with Crippen molar-refractivity contribution in [3.63, 3.8) is 0 Å². The second-order valence-electron chi connectivity index (χ2n) is 9.22. The lowest BCUT2D eigenvalue weighted by atomic mass is 9.94. The van der Waals surface area contributed by atoms with E-state index in [2.05, 4.69) is 0 Å². The van der Waals surface area contributed by atoms with Crippen molar-refractivity contribution in [2.45, 2.75) is 32.7 Å². The molecule has 4 rings (SSSR count). The third-order valence-electron chi connectivity index (χ3n) is 6.09. The highest BCUT2D eigenvalue weighted by atomic mass is 16.5. The van der Waals surface area contributed by atoms with E-state index in [1.54, 1.807) is 11.0 Å². The minimum atomic E-state index is -0.739. The number of hydrogen-bond acceptors (Lipinski definition) is 6. The molecule has 0 aliphatic carbocycles. The molecule has 1 aliphatic heterocycles. The van der Waals surface area contributed by atoms with Crippen LogP contribution in [0, 0.1) is 6.92 Å². The summed E-state index contributed by atoms with van der Waals surface area (Å²) in [6.45, 7) is 5.71. The van der Waals surface area contributed by atoms with Gasteiger partial charge in [-0.15, -0.1) is 0 Å². The lowest BCUT2D eigenvalue weighted by molar-refractivity contribution is -0.129. The number of aliphatic hydroxyl groups is 1. The van der Waals surface area contributed by atoms with Crippen LogP contribution in [-0.4, -0.2) is 60.4 Å². The van der Waals surface area contributed by atoms with Crippen LogP contribution in [0.3, 0.4) is 0 Å². The predicted octanol–water partition coefficient (Wildman–Crippen LogP) is 5.06. The average Bonchev–Trinajstić information content (AvgIpc) is 3.36. The number of furan rings is 1. The Kier molecular flexibility index (Phi) is 7.26. The molecule has 1 atom stereocenters. The fourth-order valence-electron chi connectivity index (χ4n) is 4.42. The van der Waals surface area contributed by atoms with Crippen molar-refractivity contribution in [2.75, 3.05) is 33.8 Å². The summed E-state index contributed by atoms with van der Waals surface area (Å²) < 4.78 is 11.6. The van der Waals surface area contributed by atoms with Gasteiger partial charge in [-0.1, -0.05) is 30.7 Å². The van der Waals surface area contributed by atoms with Gasteiger partial charge in [-0.2, -0.15) is 0 Å². The van der Waals surface area contributed by atoms with Gasteiger partial charge in [0.05, 0.1) is 18.2 Å². The standard InChI is InChI=1S/C28H32N2O5/c1-5-14-34-21-9-6-8-19(16-21)25-24(27(32)28(33)30(25)13-7-12-29(3)4)26(31)23-17-20-15-18(2)10-11-22(20)35-23/h6,8-11,15-17,25,32H,5,7,12-14H2,1-4H3. The molecule has 1 amide bonds. The lowest BCUT2D eigenvalue weighted by Crippen LogP contribution is -2.33. The van der Waals surface area contributed by atoms with Crippen molar-refractivity contribution in [3.8, 4) is 5.75 Å². The molecular weight excluding hydrogens is 444 g/mol. The maximum atomic E-state index is 13.7. The van der Waals surface area contributed by atoms with Crippen LogP contribution in [0.4, 0.5) is 0 Å². The van der Waals surface area contributed by atoms with Gasteiger partial charge in [0.15, 0.2) is 11.5 Å². The van der Waals surface area contributed by atoms with E-state index in [1.807, 2.05) is 75.3 Å². The van der Waals surface area contributed by atoms with Gasteiger partial charge in [-0.25, -0.2) is 0 Å². The molecule has 2 aromatic carbocycles. The lowest BCUT2D eigenvalue weighted by Gasteiger charge is -2.27. The number of amides is 1. The maximum Gasteiger partial charge on any atom is 0.290 e. The van der Waals surface area contributed by atoms with Gasteiger partial charge in [0.1, 0.15) is 11.3 Å². The Labute approximate surface area is 205 Å². The molecular formula is C28H32N2O5. The predicted molar refractivity (Wildman–Crippen MR) is 135 cm³/mol. The number of aryl methyl sites for hydroxylation is 1. The Bertz CT molecular complexity index is 1270. The molecule has 1 aromatic heterocycles. The number of carbonyl (C=O) groups is 2. The summed E-state index contributed by atoms with van der Waals surface area (Å²) >= 11 is 0. The molecule has 3 aromatic rings. The minimum absolute atomic E-state index is 0.0308. The van der Waals surface area contributed by atoms with E-state index in [4.69, 9.17) is 9.15 Å². The maximum absolute atomic E-state index is 13.7. The number of carbonyl (C=O) groups excluding carboxylic acids is 2. The largest absolute Gasteiger partial charge is 0.503 e. The topological polar surface area (TPSA) is 83.2 Å².